The van der Waals surface area contributed by atoms with Crippen molar-refractivity contribution in [2.45, 2.75) is 47.0 Å². The first kappa shape index (κ1) is 13.6. The maximum absolute atomic E-state index is 9.68. The van der Waals surface area contributed by atoms with E-state index in [1.807, 2.05) is 6.82 Å². The lowest BCUT2D eigenvalue weighted by atomic mass is 9.80. The molecule has 0 radical (unpaired) electrons. The fraction of sp³-hybridized carbons (Fsp3) is 0.769. The number of piperidine rings is 1. The molecule has 5 heteroatoms. The number of hydrogen-bond acceptors (Lipinski definition) is 3. The van der Waals surface area contributed by atoms with Crippen molar-refractivity contribution in [3.8, 4) is 0 Å². The third kappa shape index (κ3) is 2.78. The molecule has 1 fully saturated rings. The number of hydrogen-bond donors (Lipinski definition) is 1. The van der Waals surface area contributed by atoms with E-state index in [1.165, 1.54) is 18.5 Å². The first-order valence-corrected chi connectivity index (χ1v) is 6.91. The van der Waals surface area contributed by atoms with Crippen molar-refractivity contribution in [3.63, 3.8) is 0 Å². The van der Waals surface area contributed by atoms with E-state index in [-0.39, 0.29) is 7.05 Å². The lowest BCUT2D eigenvalue weighted by molar-refractivity contribution is 0.223. The summed E-state index contributed by atoms with van der Waals surface area (Å²) in [4.78, 5) is 6.70. The van der Waals surface area contributed by atoms with Crippen molar-refractivity contribution in [2.24, 2.45) is 5.92 Å². The summed E-state index contributed by atoms with van der Waals surface area (Å²) in [6.07, 6.45) is 2.43. The fourth-order valence-electron chi connectivity index (χ4n) is 2.93. The van der Waals surface area contributed by atoms with Gasteiger partial charge >= 0.3 is 7.05 Å². The monoisotopic (exact) mass is 249 g/mol. The molecule has 2 heterocycles. The minimum absolute atomic E-state index is 0.320. The highest BCUT2D eigenvalue weighted by Gasteiger charge is 2.25. The molecule has 4 nitrogen and oxygen atoms in total. The summed E-state index contributed by atoms with van der Waals surface area (Å²) in [6, 6.07) is 0. The van der Waals surface area contributed by atoms with Crippen LogP contribution in [0.3, 0.4) is 0 Å². The van der Waals surface area contributed by atoms with Crippen molar-refractivity contribution in [1.29, 1.82) is 0 Å². The fourth-order valence-corrected chi connectivity index (χ4v) is 2.93. The Kier molecular flexibility index (Phi) is 4.12. The molecule has 0 unspecified atom stereocenters. The Labute approximate surface area is 110 Å². The van der Waals surface area contributed by atoms with E-state index in [4.69, 9.17) is 0 Å². The molecular formula is C13H24BN3O. The van der Waals surface area contributed by atoms with Crippen molar-refractivity contribution in [2.75, 3.05) is 13.1 Å². The Hall–Kier alpha value is -0.805. The van der Waals surface area contributed by atoms with E-state index in [9.17, 15) is 5.02 Å². The predicted molar refractivity (Wildman–Crippen MR) is 74.6 cm³/mol. The molecule has 18 heavy (non-hydrogen) atoms. The van der Waals surface area contributed by atoms with E-state index < -0.39 is 0 Å². The van der Waals surface area contributed by atoms with E-state index in [2.05, 4.69) is 35.1 Å². The van der Waals surface area contributed by atoms with Crippen LogP contribution < -0.4 is 0 Å². The largest absolute Gasteiger partial charge is 0.437 e. The third-order valence-electron chi connectivity index (χ3n) is 4.17. The van der Waals surface area contributed by atoms with Gasteiger partial charge in [0.2, 0.25) is 0 Å². The molecule has 1 saturated heterocycles. The minimum atomic E-state index is -0.320. The van der Waals surface area contributed by atoms with Crippen LogP contribution in [0.15, 0.2) is 0 Å². The average molecular weight is 249 g/mol. The summed E-state index contributed by atoms with van der Waals surface area (Å²) >= 11 is 0. The number of rotatable bonds is 3. The molecule has 0 aliphatic carbocycles. The first-order chi connectivity index (χ1) is 8.49. The van der Waals surface area contributed by atoms with Crippen LogP contribution in [0.5, 0.6) is 0 Å². The lowest BCUT2D eigenvalue weighted by Gasteiger charge is -2.34. The van der Waals surface area contributed by atoms with Crippen LogP contribution in [0.4, 0.5) is 0 Å². The van der Waals surface area contributed by atoms with Crippen LogP contribution in [-0.2, 0) is 6.54 Å². The van der Waals surface area contributed by atoms with E-state index in [1.54, 1.807) is 0 Å². The topological polar surface area (TPSA) is 41.3 Å². The van der Waals surface area contributed by atoms with Crippen LogP contribution in [0, 0.1) is 26.7 Å². The van der Waals surface area contributed by atoms with Crippen molar-refractivity contribution < 1.29 is 5.02 Å². The average Bonchev–Trinajstić information content (AvgIpc) is 2.56. The molecule has 1 N–H and O–H groups in total. The Morgan fingerprint density at radius 1 is 1.39 bits per heavy atom. The maximum atomic E-state index is 9.68. The summed E-state index contributed by atoms with van der Waals surface area (Å²) in [5, 5.41) is 9.68. The SMILES string of the molecule is CB(O)N1CCC[C@H](Cn2c(C)nc(C)c2C)C1. The highest BCUT2D eigenvalue weighted by Crippen LogP contribution is 2.21. The lowest BCUT2D eigenvalue weighted by Crippen LogP contribution is -2.45. The molecule has 1 aliphatic heterocycles. The Balaban J connectivity index is 2.05. The summed E-state index contributed by atoms with van der Waals surface area (Å²) in [7, 11) is -0.320. The number of imidazole rings is 1. The van der Waals surface area contributed by atoms with Crippen LogP contribution in [0.25, 0.3) is 0 Å². The molecule has 2 rings (SSSR count). The normalized spacial score (nSPS) is 21.3. The molecule has 0 bridgehead atoms. The van der Waals surface area contributed by atoms with Gasteiger partial charge in [-0.25, -0.2) is 4.98 Å². The highest BCUT2D eigenvalue weighted by molar-refractivity contribution is 6.45. The summed E-state index contributed by atoms with van der Waals surface area (Å²) < 4.78 is 2.32. The van der Waals surface area contributed by atoms with Crippen molar-refractivity contribution in [1.82, 2.24) is 14.4 Å². The second-order valence-electron chi connectivity index (χ2n) is 5.58. The molecule has 0 amide bonds. The van der Waals surface area contributed by atoms with E-state index in [0.29, 0.717) is 5.92 Å². The minimum Gasteiger partial charge on any atom is -0.437 e. The molecule has 100 valence electrons. The summed E-state index contributed by atoms with van der Waals surface area (Å²) in [5.41, 5.74) is 2.41. The van der Waals surface area contributed by atoms with Crippen LogP contribution in [0.1, 0.15) is 30.1 Å². The smallest absolute Gasteiger partial charge is 0.376 e. The Morgan fingerprint density at radius 2 is 2.11 bits per heavy atom. The zero-order valence-electron chi connectivity index (χ0n) is 12.0. The van der Waals surface area contributed by atoms with Gasteiger partial charge in [-0.2, -0.15) is 0 Å². The number of aryl methyl sites for hydroxylation is 2. The van der Waals surface area contributed by atoms with E-state index in [0.717, 1.165) is 31.2 Å². The highest BCUT2D eigenvalue weighted by atomic mass is 16.2. The molecule has 0 saturated carbocycles. The second-order valence-corrected chi connectivity index (χ2v) is 5.58. The van der Waals surface area contributed by atoms with E-state index >= 15 is 0 Å². The maximum Gasteiger partial charge on any atom is 0.376 e. The van der Waals surface area contributed by atoms with Gasteiger partial charge < -0.3 is 14.4 Å². The second kappa shape index (κ2) is 5.45. The summed E-state index contributed by atoms with van der Waals surface area (Å²) in [5.74, 6) is 1.73. The van der Waals surface area contributed by atoms with Crippen molar-refractivity contribution in [3.05, 3.63) is 17.2 Å². The van der Waals surface area contributed by atoms with Crippen LogP contribution in [-0.4, -0.2) is 39.5 Å². The Morgan fingerprint density at radius 3 is 2.67 bits per heavy atom. The molecule has 0 spiro atoms. The van der Waals surface area contributed by atoms with Crippen molar-refractivity contribution >= 4 is 7.05 Å². The van der Waals surface area contributed by atoms with Gasteiger partial charge in [-0.1, -0.05) is 0 Å². The van der Waals surface area contributed by atoms with Gasteiger partial charge in [-0.05, 0) is 59.4 Å². The van der Waals surface area contributed by atoms with Gasteiger partial charge in [-0.3, -0.25) is 0 Å². The Bertz CT molecular complexity index is 417. The summed E-state index contributed by atoms with van der Waals surface area (Å²) in [6.45, 7) is 11.2. The van der Waals surface area contributed by atoms with Gasteiger partial charge in [0.1, 0.15) is 5.82 Å². The van der Waals surface area contributed by atoms with Gasteiger partial charge in [0.05, 0.1) is 5.69 Å². The standard InChI is InChI=1S/C13H24BN3O/c1-10-11(2)17(12(3)15-10)9-13-6-5-7-16(8-13)14(4)18/h13,18H,5-9H2,1-4H3/t13-/m0/s1. The van der Waals surface area contributed by atoms with Gasteiger partial charge in [0.25, 0.3) is 0 Å². The molecular weight excluding hydrogens is 225 g/mol. The molecule has 0 aromatic carbocycles. The number of nitrogens with zero attached hydrogens (tertiary/aromatic N) is 3. The van der Waals surface area contributed by atoms with Gasteiger partial charge in [0.15, 0.2) is 0 Å². The number of aromatic nitrogens is 2. The van der Waals surface area contributed by atoms with Gasteiger partial charge in [-0.15, -0.1) is 0 Å². The molecule has 1 atom stereocenters. The van der Waals surface area contributed by atoms with Gasteiger partial charge in [0, 0.05) is 12.2 Å². The predicted octanol–water partition coefficient (Wildman–Crippen LogP) is 1.63. The zero-order valence-corrected chi connectivity index (χ0v) is 12.0. The molecule has 1 aromatic heterocycles. The quantitative estimate of drug-likeness (QED) is 0.828. The zero-order chi connectivity index (χ0) is 13.3. The third-order valence-corrected chi connectivity index (χ3v) is 4.17. The molecule has 1 aliphatic rings. The van der Waals surface area contributed by atoms with Crippen LogP contribution in [0.2, 0.25) is 6.82 Å². The van der Waals surface area contributed by atoms with Crippen LogP contribution >= 0.6 is 0 Å². The molecule has 1 aromatic rings. The first-order valence-electron chi connectivity index (χ1n) is 6.91.